The summed E-state index contributed by atoms with van der Waals surface area (Å²) in [5.74, 6) is -1.12. The van der Waals surface area contributed by atoms with Crippen LogP contribution in [0.2, 0.25) is 0 Å². The first-order valence-corrected chi connectivity index (χ1v) is 20.4. The number of aryl methyl sites for hydroxylation is 1. The Morgan fingerprint density at radius 3 is 2.18 bits per heavy atom. The molecular formula is C45H54N6O5. The van der Waals surface area contributed by atoms with E-state index in [1.54, 1.807) is 9.58 Å². The van der Waals surface area contributed by atoms with E-state index in [0.717, 1.165) is 68.2 Å². The van der Waals surface area contributed by atoms with E-state index in [0.29, 0.717) is 61.5 Å². The first-order valence-electron chi connectivity index (χ1n) is 20.4. The van der Waals surface area contributed by atoms with Crippen molar-refractivity contribution >= 4 is 34.8 Å². The lowest BCUT2D eigenvalue weighted by molar-refractivity contribution is -0.139. The number of nitrogens with zero attached hydrogens (tertiary/aromatic N) is 6. The Bertz CT molecular complexity index is 2030. The Balaban J connectivity index is 1.13. The third-order valence-corrected chi connectivity index (χ3v) is 11.7. The molecule has 1 unspecified atom stereocenters. The molecule has 2 saturated heterocycles. The van der Waals surface area contributed by atoms with Gasteiger partial charge in [0.1, 0.15) is 0 Å². The molecule has 2 fully saturated rings. The van der Waals surface area contributed by atoms with Crippen LogP contribution in [0.5, 0.6) is 0 Å². The van der Waals surface area contributed by atoms with Gasteiger partial charge in [0.05, 0.1) is 30.5 Å². The monoisotopic (exact) mass is 758 g/mol. The first kappa shape index (κ1) is 39.1. The number of aliphatic hydroxyl groups excluding tert-OH is 1. The highest BCUT2D eigenvalue weighted by molar-refractivity contribution is 6.08. The minimum atomic E-state index is -1.88. The number of fused-ring (bicyclic) bond motifs is 1. The van der Waals surface area contributed by atoms with Gasteiger partial charge in [0.2, 0.25) is 11.8 Å². The fraction of sp³-hybridized carbons (Fsp3) is 0.444. The Morgan fingerprint density at radius 2 is 1.48 bits per heavy atom. The topological polar surface area (TPSA) is 132 Å². The van der Waals surface area contributed by atoms with Crippen LogP contribution in [0.25, 0.3) is 0 Å². The zero-order valence-corrected chi connectivity index (χ0v) is 32.4. The molecule has 3 atom stereocenters. The van der Waals surface area contributed by atoms with E-state index in [2.05, 4.69) is 10.3 Å². The molecule has 0 radical (unpaired) electrons. The SMILES string of the molecule is C[C@@H](/C=C/CCn1cc(C(CO)c2ccccc2)nn1)[C@]1(O)C(=O)N(Cc2cccc(N3CCCCCCC3=O)c2)c2ccc(N3CCCCCCC3=O)cc21. The van der Waals surface area contributed by atoms with Crippen molar-refractivity contribution < 1.29 is 24.6 Å². The van der Waals surface area contributed by atoms with E-state index in [1.807, 2.05) is 108 Å². The predicted molar refractivity (Wildman–Crippen MR) is 217 cm³/mol. The zero-order chi connectivity index (χ0) is 39.1. The molecule has 0 saturated carbocycles. The number of hydrogen-bond donors (Lipinski definition) is 2. The number of allylic oxidation sites excluding steroid dienone is 1. The number of hydrogen-bond acceptors (Lipinski definition) is 7. The molecule has 3 aromatic carbocycles. The van der Waals surface area contributed by atoms with Crippen molar-refractivity contribution in [3.05, 3.63) is 114 Å². The van der Waals surface area contributed by atoms with Gasteiger partial charge in [-0.3, -0.25) is 19.1 Å². The molecule has 294 valence electrons. The van der Waals surface area contributed by atoms with Crippen molar-refractivity contribution in [2.24, 2.45) is 5.92 Å². The molecule has 11 nitrogen and oxygen atoms in total. The zero-order valence-electron chi connectivity index (χ0n) is 32.4. The molecule has 0 bridgehead atoms. The van der Waals surface area contributed by atoms with E-state index in [1.165, 1.54) is 0 Å². The molecular weight excluding hydrogens is 705 g/mol. The van der Waals surface area contributed by atoms with Gasteiger partial charge in [-0.1, -0.05) is 92.4 Å². The van der Waals surface area contributed by atoms with Gasteiger partial charge in [-0.2, -0.15) is 0 Å². The van der Waals surface area contributed by atoms with Crippen LogP contribution in [-0.2, 0) is 33.1 Å². The van der Waals surface area contributed by atoms with E-state index < -0.39 is 17.4 Å². The van der Waals surface area contributed by atoms with Gasteiger partial charge in [0, 0.05) is 61.5 Å². The third kappa shape index (κ3) is 8.34. The standard InChI is InChI=1S/C45H54N6O5/c1-33(16-11-14-25-48-31-40(46-47-48)38(32-52)35-18-7-6-8-19-35)45(56)39-29-37(50-27-13-5-3-10-22-43(50)54)23-24-41(39)51(44(45)55)30-34-17-15-20-36(28-34)49-26-12-4-2-9-21-42(49)53/h6-8,11,15-20,23-24,28-29,31,33,38,52,56H,2-5,9-10,12-14,21-22,25-27,30,32H2,1H3/b16-11+/t33-,38?,45+/m0/s1. The van der Waals surface area contributed by atoms with Crippen LogP contribution < -0.4 is 14.7 Å². The maximum atomic E-state index is 14.6. The molecule has 3 aliphatic rings. The van der Waals surface area contributed by atoms with Crippen LogP contribution in [0, 0.1) is 5.92 Å². The lowest BCUT2D eigenvalue weighted by Crippen LogP contribution is -2.44. The number of anilines is 3. The number of rotatable bonds is 12. The number of aliphatic hydroxyl groups is 2. The van der Waals surface area contributed by atoms with E-state index in [9.17, 15) is 24.6 Å². The summed E-state index contributed by atoms with van der Waals surface area (Å²) in [6, 6.07) is 23.2. The number of aromatic nitrogens is 3. The fourth-order valence-corrected chi connectivity index (χ4v) is 8.41. The van der Waals surface area contributed by atoms with Gasteiger partial charge in [0.15, 0.2) is 5.60 Å². The average molecular weight is 759 g/mol. The van der Waals surface area contributed by atoms with Gasteiger partial charge in [-0.25, -0.2) is 0 Å². The van der Waals surface area contributed by atoms with Gasteiger partial charge in [-0.05, 0) is 73.6 Å². The summed E-state index contributed by atoms with van der Waals surface area (Å²) in [5.41, 5.74) is 3.24. The van der Waals surface area contributed by atoms with E-state index in [-0.39, 0.29) is 30.9 Å². The van der Waals surface area contributed by atoms with Gasteiger partial charge < -0.3 is 24.9 Å². The molecule has 4 heterocycles. The summed E-state index contributed by atoms with van der Waals surface area (Å²) >= 11 is 0. The van der Waals surface area contributed by atoms with Crippen molar-refractivity contribution in [1.82, 2.24) is 15.0 Å². The predicted octanol–water partition coefficient (Wildman–Crippen LogP) is 7.01. The quantitative estimate of drug-likeness (QED) is 0.149. The second kappa shape index (κ2) is 17.8. The van der Waals surface area contributed by atoms with Gasteiger partial charge in [-0.15, -0.1) is 5.10 Å². The Hall–Kier alpha value is -5.13. The summed E-state index contributed by atoms with van der Waals surface area (Å²) in [7, 11) is 0. The minimum absolute atomic E-state index is 0.0586. The van der Waals surface area contributed by atoms with Crippen molar-refractivity contribution in [3.8, 4) is 0 Å². The Labute approximate surface area is 329 Å². The van der Waals surface area contributed by atoms with Crippen LogP contribution in [0.3, 0.4) is 0 Å². The van der Waals surface area contributed by atoms with Gasteiger partial charge >= 0.3 is 0 Å². The number of amides is 3. The molecule has 4 aromatic rings. The van der Waals surface area contributed by atoms with Crippen LogP contribution in [-0.4, -0.2) is 62.6 Å². The molecule has 1 aromatic heterocycles. The van der Waals surface area contributed by atoms with Crippen LogP contribution in [0.4, 0.5) is 17.1 Å². The number of benzene rings is 3. The second-order valence-electron chi connectivity index (χ2n) is 15.5. The maximum absolute atomic E-state index is 14.6. The Kier molecular flexibility index (Phi) is 12.4. The van der Waals surface area contributed by atoms with Crippen molar-refractivity contribution in [3.63, 3.8) is 0 Å². The lowest BCUT2D eigenvalue weighted by atomic mass is 9.82. The largest absolute Gasteiger partial charge is 0.395 e. The van der Waals surface area contributed by atoms with Crippen LogP contribution >= 0.6 is 0 Å². The highest BCUT2D eigenvalue weighted by Gasteiger charge is 2.52. The van der Waals surface area contributed by atoms with Crippen molar-refractivity contribution in [2.75, 3.05) is 34.4 Å². The molecule has 3 aliphatic heterocycles. The molecule has 0 spiro atoms. The summed E-state index contributed by atoms with van der Waals surface area (Å²) in [6.07, 6.45) is 15.1. The minimum Gasteiger partial charge on any atom is -0.395 e. The molecule has 56 heavy (non-hydrogen) atoms. The van der Waals surface area contributed by atoms with Crippen LogP contribution in [0.1, 0.15) is 106 Å². The second-order valence-corrected chi connectivity index (χ2v) is 15.5. The summed E-state index contributed by atoms with van der Waals surface area (Å²) in [6.45, 7) is 3.78. The normalized spacial score (nSPS) is 20.8. The molecule has 3 amide bonds. The molecule has 7 rings (SSSR count). The van der Waals surface area contributed by atoms with Crippen molar-refractivity contribution in [1.29, 1.82) is 0 Å². The highest BCUT2D eigenvalue weighted by atomic mass is 16.3. The number of carbonyl (C=O) groups excluding carboxylic acids is 3. The fourth-order valence-electron chi connectivity index (χ4n) is 8.41. The van der Waals surface area contributed by atoms with Gasteiger partial charge in [0.25, 0.3) is 5.91 Å². The van der Waals surface area contributed by atoms with Crippen LogP contribution in [0.15, 0.2) is 91.1 Å². The van der Waals surface area contributed by atoms with E-state index in [4.69, 9.17) is 0 Å². The molecule has 11 heteroatoms. The average Bonchev–Trinajstić information content (AvgIpc) is 3.74. The number of carbonyl (C=O) groups is 3. The smallest absolute Gasteiger partial charge is 0.264 e. The maximum Gasteiger partial charge on any atom is 0.264 e. The summed E-state index contributed by atoms with van der Waals surface area (Å²) < 4.78 is 1.74. The summed E-state index contributed by atoms with van der Waals surface area (Å²) in [4.78, 5) is 46.3. The molecule has 0 aliphatic carbocycles. The third-order valence-electron chi connectivity index (χ3n) is 11.7. The molecule has 2 N–H and O–H groups in total. The van der Waals surface area contributed by atoms with E-state index >= 15 is 0 Å². The van der Waals surface area contributed by atoms with Crippen molar-refractivity contribution in [2.45, 2.75) is 102 Å². The first-order chi connectivity index (χ1) is 27.3. The highest BCUT2D eigenvalue weighted by Crippen LogP contribution is 2.47. The Morgan fingerprint density at radius 1 is 0.804 bits per heavy atom. The summed E-state index contributed by atoms with van der Waals surface area (Å²) in [5, 5.41) is 31.3. The lowest BCUT2D eigenvalue weighted by Gasteiger charge is -2.29.